The number of nitrogens with two attached hydrogens (primary N) is 1. The van der Waals surface area contributed by atoms with Gasteiger partial charge in [0.2, 0.25) is 5.54 Å². The van der Waals surface area contributed by atoms with Crippen molar-refractivity contribution < 1.29 is 19.4 Å². The lowest BCUT2D eigenvalue weighted by Crippen LogP contribution is -2.56. The molecule has 1 atom stereocenters. The van der Waals surface area contributed by atoms with Gasteiger partial charge >= 0.3 is 11.9 Å². The number of ether oxygens (including phenoxy) is 1. The molecule has 0 aliphatic heterocycles. The van der Waals surface area contributed by atoms with Crippen LogP contribution in [0.3, 0.4) is 0 Å². The lowest BCUT2D eigenvalue weighted by Gasteiger charge is -2.36. The molecule has 0 saturated heterocycles. The van der Waals surface area contributed by atoms with Gasteiger partial charge in [-0.2, -0.15) is 0 Å². The second-order valence-corrected chi connectivity index (χ2v) is 12.6. The highest BCUT2D eigenvalue weighted by Crippen LogP contribution is 2.49. The standard InChI is InChI=1S/C39H35NO4S/c40-38(36(41)42,37(43)44-27-35-33-23-12-10-21-31(33)32-22-11-13-24-34(32)35)25-14-26-45-39(28-15-4-1-5-16-28,29-17-6-2-7-18-29)30-19-8-3-9-20-30/h1-13,15-24,35H,14,25-27,40H2,(H,41,42)/t38-/m0/s1. The van der Waals surface area contributed by atoms with E-state index < -0.39 is 22.2 Å². The van der Waals surface area contributed by atoms with Crippen LogP contribution in [0.25, 0.3) is 11.1 Å². The summed E-state index contributed by atoms with van der Waals surface area (Å²) in [5.74, 6) is -1.92. The van der Waals surface area contributed by atoms with Crippen LogP contribution >= 0.6 is 11.8 Å². The molecule has 226 valence electrons. The minimum Gasteiger partial charge on any atom is -0.479 e. The molecule has 1 aliphatic carbocycles. The number of esters is 1. The van der Waals surface area contributed by atoms with Gasteiger partial charge in [-0.25, -0.2) is 9.59 Å². The fraction of sp³-hybridized carbons (Fsp3) is 0.179. The first-order valence-corrected chi connectivity index (χ1v) is 16.1. The molecule has 6 heteroatoms. The van der Waals surface area contributed by atoms with E-state index in [9.17, 15) is 14.7 Å². The van der Waals surface area contributed by atoms with E-state index in [4.69, 9.17) is 10.5 Å². The number of hydrogen-bond acceptors (Lipinski definition) is 5. The van der Waals surface area contributed by atoms with Gasteiger partial charge in [-0.3, -0.25) is 0 Å². The number of rotatable bonds is 12. The molecule has 0 aromatic heterocycles. The Bertz CT molecular complexity index is 1640. The Hall–Kier alpha value is -4.65. The normalized spacial score (nSPS) is 13.8. The monoisotopic (exact) mass is 613 g/mol. The van der Waals surface area contributed by atoms with Gasteiger partial charge in [0.25, 0.3) is 0 Å². The van der Waals surface area contributed by atoms with Crippen molar-refractivity contribution in [2.24, 2.45) is 5.73 Å². The number of benzene rings is 5. The highest BCUT2D eigenvalue weighted by atomic mass is 32.2. The summed E-state index contributed by atoms with van der Waals surface area (Å²) in [6, 6.07) is 46.9. The van der Waals surface area contributed by atoms with Crippen LogP contribution in [0.2, 0.25) is 0 Å². The van der Waals surface area contributed by atoms with Crippen LogP contribution in [-0.2, 0) is 19.1 Å². The topological polar surface area (TPSA) is 89.6 Å². The lowest BCUT2D eigenvalue weighted by atomic mass is 9.84. The summed E-state index contributed by atoms with van der Waals surface area (Å²) >= 11 is 1.71. The molecule has 0 unspecified atom stereocenters. The summed E-state index contributed by atoms with van der Waals surface area (Å²) < 4.78 is 5.17. The summed E-state index contributed by atoms with van der Waals surface area (Å²) in [5, 5.41) is 10.2. The largest absolute Gasteiger partial charge is 0.479 e. The number of fused-ring (bicyclic) bond motifs is 3. The van der Waals surface area contributed by atoms with Crippen molar-refractivity contribution in [3.8, 4) is 11.1 Å². The highest BCUT2D eigenvalue weighted by Gasteiger charge is 2.45. The van der Waals surface area contributed by atoms with Gasteiger partial charge in [0.1, 0.15) is 6.61 Å². The van der Waals surface area contributed by atoms with Gasteiger partial charge in [-0.05, 0) is 57.5 Å². The number of carbonyl (C=O) groups excluding carboxylic acids is 1. The van der Waals surface area contributed by atoms with Crippen LogP contribution in [0, 0.1) is 0 Å². The third kappa shape index (κ3) is 5.79. The average Bonchev–Trinajstić information content (AvgIpc) is 3.41. The molecule has 5 nitrogen and oxygen atoms in total. The summed E-state index contributed by atoms with van der Waals surface area (Å²) in [5.41, 5.74) is 11.8. The first-order valence-electron chi connectivity index (χ1n) is 15.1. The fourth-order valence-corrected chi connectivity index (χ4v) is 7.87. The third-order valence-electron chi connectivity index (χ3n) is 8.66. The van der Waals surface area contributed by atoms with Crippen LogP contribution < -0.4 is 5.73 Å². The Morgan fingerprint density at radius 3 is 1.53 bits per heavy atom. The Morgan fingerprint density at radius 1 is 0.667 bits per heavy atom. The quantitative estimate of drug-likeness (QED) is 0.0651. The van der Waals surface area contributed by atoms with Gasteiger partial charge in [-0.1, -0.05) is 140 Å². The smallest absolute Gasteiger partial charge is 0.337 e. The van der Waals surface area contributed by atoms with Crippen molar-refractivity contribution >= 4 is 23.7 Å². The predicted molar refractivity (Wildman–Crippen MR) is 180 cm³/mol. The molecule has 6 rings (SSSR count). The SMILES string of the molecule is N[C@@](CCCSC(c1ccccc1)(c1ccccc1)c1ccccc1)(C(=O)O)C(=O)OCC1c2ccccc2-c2ccccc21. The summed E-state index contributed by atoms with van der Waals surface area (Å²) in [4.78, 5) is 25.9. The summed E-state index contributed by atoms with van der Waals surface area (Å²) in [6.45, 7) is 0.0208. The molecule has 3 N–H and O–H groups in total. The van der Waals surface area contributed by atoms with Gasteiger partial charge in [-0.15, -0.1) is 11.8 Å². The molecule has 0 spiro atoms. The molecule has 45 heavy (non-hydrogen) atoms. The van der Waals surface area contributed by atoms with E-state index in [0.29, 0.717) is 12.2 Å². The average molecular weight is 614 g/mol. The first-order chi connectivity index (χ1) is 21.9. The third-order valence-corrected chi connectivity index (χ3v) is 10.3. The zero-order valence-electron chi connectivity index (χ0n) is 24.8. The number of carbonyl (C=O) groups is 2. The summed E-state index contributed by atoms with van der Waals surface area (Å²) in [6.07, 6.45) is 0.340. The number of hydrogen-bond donors (Lipinski definition) is 2. The number of carboxylic acids is 1. The van der Waals surface area contributed by atoms with E-state index in [1.165, 1.54) is 0 Å². The Kier molecular flexibility index (Phi) is 8.87. The molecule has 0 heterocycles. The zero-order chi connectivity index (χ0) is 31.3. The number of carboxylic acid groups (broad SMARTS) is 1. The van der Waals surface area contributed by atoms with E-state index >= 15 is 0 Å². The van der Waals surface area contributed by atoms with Crippen molar-refractivity contribution in [1.82, 2.24) is 0 Å². The van der Waals surface area contributed by atoms with Crippen molar-refractivity contribution in [2.45, 2.75) is 29.0 Å². The first kappa shape index (κ1) is 30.4. The number of thioether (sulfide) groups is 1. The van der Waals surface area contributed by atoms with Gasteiger partial charge in [0.15, 0.2) is 0 Å². The van der Waals surface area contributed by atoms with E-state index in [1.54, 1.807) is 11.8 Å². The van der Waals surface area contributed by atoms with Crippen LogP contribution in [0.5, 0.6) is 0 Å². The Balaban J connectivity index is 1.20. The zero-order valence-corrected chi connectivity index (χ0v) is 25.7. The fourth-order valence-electron chi connectivity index (χ4n) is 6.37. The van der Waals surface area contributed by atoms with Crippen LogP contribution in [0.15, 0.2) is 140 Å². The van der Waals surface area contributed by atoms with Gasteiger partial charge < -0.3 is 15.6 Å². The van der Waals surface area contributed by atoms with Crippen molar-refractivity contribution in [3.05, 3.63) is 167 Å². The molecule has 1 aliphatic rings. The van der Waals surface area contributed by atoms with E-state index in [1.807, 2.05) is 91.0 Å². The maximum atomic E-state index is 13.4. The van der Waals surface area contributed by atoms with Crippen molar-refractivity contribution in [3.63, 3.8) is 0 Å². The minimum absolute atomic E-state index is 0.0208. The Morgan fingerprint density at radius 2 is 1.09 bits per heavy atom. The van der Waals surface area contributed by atoms with E-state index in [0.717, 1.165) is 38.9 Å². The van der Waals surface area contributed by atoms with Gasteiger partial charge in [0, 0.05) is 5.92 Å². The van der Waals surface area contributed by atoms with Crippen LogP contribution in [0.4, 0.5) is 0 Å². The molecule has 5 aromatic carbocycles. The predicted octanol–water partition coefficient (Wildman–Crippen LogP) is 7.63. The van der Waals surface area contributed by atoms with Crippen LogP contribution in [0.1, 0.15) is 46.6 Å². The maximum absolute atomic E-state index is 13.4. The highest BCUT2D eigenvalue weighted by molar-refractivity contribution is 8.00. The molecule has 0 saturated carbocycles. The molecule has 0 radical (unpaired) electrons. The van der Waals surface area contributed by atoms with E-state index in [-0.39, 0.29) is 18.9 Å². The lowest BCUT2D eigenvalue weighted by molar-refractivity contribution is -0.161. The molecule has 0 bridgehead atoms. The van der Waals surface area contributed by atoms with Crippen LogP contribution in [-0.4, -0.2) is 34.9 Å². The summed E-state index contributed by atoms with van der Waals surface area (Å²) in [7, 11) is 0. The number of aliphatic carboxylic acids is 1. The molecular formula is C39H35NO4S. The van der Waals surface area contributed by atoms with E-state index in [2.05, 4.69) is 48.5 Å². The van der Waals surface area contributed by atoms with Gasteiger partial charge in [0.05, 0.1) is 4.75 Å². The van der Waals surface area contributed by atoms with Crippen molar-refractivity contribution in [1.29, 1.82) is 0 Å². The second-order valence-electron chi connectivity index (χ2n) is 11.3. The maximum Gasteiger partial charge on any atom is 0.337 e. The molecular weight excluding hydrogens is 578 g/mol. The molecule has 0 fully saturated rings. The molecule has 5 aromatic rings. The second kappa shape index (κ2) is 13.1. The van der Waals surface area contributed by atoms with Crippen molar-refractivity contribution in [2.75, 3.05) is 12.4 Å². The molecule has 0 amide bonds. The Labute approximate surface area is 268 Å². The minimum atomic E-state index is -2.16.